The SMILES string of the molecule is CCC(=O)Nc1ccc(S(=O)(=O)NCC2CCN(C(=O)c3ccoc3)CC2)c(C)c1. The fourth-order valence-corrected chi connectivity index (χ4v) is 4.83. The molecule has 1 aromatic heterocycles. The van der Waals surface area contributed by atoms with Gasteiger partial charge in [0, 0.05) is 31.7 Å². The monoisotopic (exact) mass is 433 g/mol. The molecule has 162 valence electrons. The molecule has 1 fully saturated rings. The van der Waals surface area contributed by atoms with Crippen LogP contribution in [-0.2, 0) is 14.8 Å². The number of aryl methyl sites for hydroxylation is 1. The third kappa shape index (κ3) is 5.28. The number of benzene rings is 1. The highest BCUT2D eigenvalue weighted by Gasteiger charge is 2.26. The van der Waals surface area contributed by atoms with E-state index in [1.807, 2.05) is 0 Å². The van der Waals surface area contributed by atoms with Crippen molar-refractivity contribution in [1.82, 2.24) is 9.62 Å². The van der Waals surface area contributed by atoms with Crippen LogP contribution in [0.1, 0.15) is 42.1 Å². The van der Waals surface area contributed by atoms with Crippen LogP contribution in [0.3, 0.4) is 0 Å². The van der Waals surface area contributed by atoms with Crippen LogP contribution in [0.2, 0.25) is 0 Å². The molecule has 1 saturated heterocycles. The molecule has 0 aliphatic carbocycles. The number of carbonyl (C=O) groups excluding carboxylic acids is 2. The topological polar surface area (TPSA) is 109 Å². The summed E-state index contributed by atoms with van der Waals surface area (Å²) in [5, 5.41) is 2.73. The minimum absolute atomic E-state index is 0.0614. The molecule has 9 heteroatoms. The van der Waals surface area contributed by atoms with Crippen molar-refractivity contribution in [3.05, 3.63) is 47.9 Å². The Kier molecular flexibility index (Phi) is 6.94. The minimum atomic E-state index is -3.66. The van der Waals surface area contributed by atoms with Crippen molar-refractivity contribution >= 4 is 27.5 Å². The highest BCUT2D eigenvalue weighted by atomic mass is 32.2. The number of likely N-dealkylation sites (tertiary alicyclic amines) is 1. The van der Waals surface area contributed by atoms with Crippen LogP contribution < -0.4 is 10.0 Å². The van der Waals surface area contributed by atoms with Crippen LogP contribution in [0.25, 0.3) is 0 Å². The Morgan fingerprint density at radius 3 is 2.53 bits per heavy atom. The van der Waals surface area contributed by atoms with E-state index < -0.39 is 10.0 Å². The number of anilines is 1. The van der Waals surface area contributed by atoms with Gasteiger partial charge >= 0.3 is 0 Å². The molecule has 0 unspecified atom stereocenters. The van der Waals surface area contributed by atoms with E-state index in [1.165, 1.54) is 18.6 Å². The fourth-order valence-electron chi connectivity index (χ4n) is 3.49. The molecule has 2 N–H and O–H groups in total. The zero-order valence-corrected chi connectivity index (χ0v) is 18.0. The first-order valence-corrected chi connectivity index (χ1v) is 11.5. The van der Waals surface area contributed by atoms with Crippen molar-refractivity contribution < 1.29 is 22.4 Å². The second-order valence-corrected chi connectivity index (χ2v) is 9.22. The molecule has 2 aromatic rings. The van der Waals surface area contributed by atoms with Crippen molar-refractivity contribution in [3.63, 3.8) is 0 Å². The van der Waals surface area contributed by atoms with Crippen LogP contribution in [-0.4, -0.2) is 44.8 Å². The molecular formula is C21H27N3O5S. The summed E-state index contributed by atoms with van der Waals surface area (Å²) in [5.74, 6) is -0.0222. The van der Waals surface area contributed by atoms with Gasteiger partial charge in [0.05, 0.1) is 16.7 Å². The van der Waals surface area contributed by atoms with Crippen LogP contribution in [0, 0.1) is 12.8 Å². The first-order chi connectivity index (χ1) is 14.3. The molecule has 0 bridgehead atoms. The predicted octanol–water partition coefficient (Wildman–Crippen LogP) is 2.77. The second kappa shape index (κ2) is 9.44. The van der Waals surface area contributed by atoms with Gasteiger partial charge in [0.1, 0.15) is 6.26 Å². The van der Waals surface area contributed by atoms with Gasteiger partial charge in [-0.2, -0.15) is 0 Å². The first-order valence-electron chi connectivity index (χ1n) is 10.0. The van der Waals surface area contributed by atoms with Crippen molar-refractivity contribution in [3.8, 4) is 0 Å². The van der Waals surface area contributed by atoms with Crippen LogP contribution >= 0.6 is 0 Å². The Bertz CT molecular complexity index is 994. The predicted molar refractivity (Wildman–Crippen MR) is 113 cm³/mol. The van der Waals surface area contributed by atoms with Gasteiger partial charge < -0.3 is 14.6 Å². The zero-order chi connectivity index (χ0) is 21.7. The Hall–Kier alpha value is -2.65. The molecule has 2 amide bonds. The lowest BCUT2D eigenvalue weighted by Crippen LogP contribution is -2.41. The van der Waals surface area contributed by atoms with Crippen LogP contribution in [0.4, 0.5) is 5.69 Å². The minimum Gasteiger partial charge on any atom is -0.472 e. The summed E-state index contributed by atoms with van der Waals surface area (Å²) in [5.41, 5.74) is 1.67. The maximum atomic E-state index is 12.7. The number of hydrogen-bond donors (Lipinski definition) is 2. The highest BCUT2D eigenvalue weighted by molar-refractivity contribution is 7.89. The van der Waals surface area contributed by atoms with E-state index in [1.54, 1.807) is 36.9 Å². The smallest absolute Gasteiger partial charge is 0.257 e. The van der Waals surface area contributed by atoms with Crippen LogP contribution in [0.15, 0.2) is 46.1 Å². The molecule has 1 aliphatic rings. The zero-order valence-electron chi connectivity index (χ0n) is 17.2. The Labute approximate surface area is 176 Å². The molecule has 3 rings (SSSR count). The molecular weight excluding hydrogens is 406 g/mol. The number of hydrogen-bond acceptors (Lipinski definition) is 5. The maximum absolute atomic E-state index is 12.7. The second-order valence-electron chi connectivity index (χ2n) is 7.48. The fraction of sp³-hybridized carbons (Fsp3) is 0.429. The molecule has 8 nitrogen and oxygen atoms in total. The number of furan rings is 1. The lowest BCUT2D eigenvalue weighted by Gasteiger charge is -2.31. The van der Waals surface area contributed by atoms with E-state index in [9.17, 15) is 18.0 Å². The molecule has 0 atom stereocenters. The molecule has 1 aliphatic heterocycles. The van der Waals surface area contributed by atoms with Crippen molar-refractivity contribution in [1.29, 1.82) is 0 Å². The lowest BCUT2D eigenvalue weighted by atomic mass is 9.97. The van der Waals surface area contributed by atoms with E-state index in [0.29, 0.717) is 42.9 Å². The van der Waals surface area contributed by atoms with E-state index in [2.05, 4.69) is 10.0 Å². The summed E-state index contributed by atoms with van der Waals surface area (Å²) < 4.78 is 33.1. The molecule has 0 radical (unpaired) electrons. The van der Waals surface area contributed by atoms with Gasteiger partial charge in [-0.3, -0.25) is 9.59 Å². The maximum Gasteiger partial charge on any atom is 0.257 e. The summed E-state index contributed by atoms with van der Waals surface area (Å²) in [6.07, 6.45) is 4.72. The van der Waals surface area contributed by atoms with E-state index >= 15 is 0 Å². The normalized spacial score (nSPS) is 15.2. The average molecular weight is 434 g/mol. The number of nitrogens with one attached hydrogen (secondary N) is 2. The third-order valence-corrected chi connectivity index (χ3v) is 6.89. The summed E-state index contributed by atoms with van der Waals surface area (Å²) in [6, 6.07) is 6.40. The Morgan fingerprint density at radius 2 is 1.93 bits per heavy atom. The molecule has 1 aromatic carbocycles. The summed E-state index contributed by atoms with van der Waals surface area (Å²) >= 11 is 0. The number of sulfonamides is 1. The Morgan fingerprint density at radius 1 is 1.20 bits per heavy atom. The van der Waals surface area contributed by atoms with E-state index in [0.717, 1.165) is 12.8 Å². The number of piperidine rings is 1. The van der Waals surface area contributed by atoms with Crippen molar-refractivity contribution in [2.24, 2.45) is 5.92 Å². The molecule has 0 spiro atoms. The summed E-state index contributed by atoms with van der Waals surface area (Å²) in [7, 11) is -3.66. The lowest BCUT2D eigenvalue weighted by molar-refractivity contribution is -0.115. The van der Waals surface area contributed by atoms with E-state index in [4.69, 9.17) is 4.42 Å². The number of amides is 2. The molecule has 0 saturated carbocycles. The van der Waals surface area contributed by atoms with Gasteiger partial charge in [0.2, 0.25) is 15.9 Å². The highest BCUT2D eigenvalue weighted by Crippen LogP contribution is 2.22. The van der Waals surface area contributed by atoms with Gasteiger partial charge in [-0.15, -0.1) is 0 Å². The number of carbonyl (C=O) groups is 2. The Balaban J connectivity index is 1.54. The summed E-state index contributed by atoms with van der Waals surface area (Å²) in [6.45, 7) is 4.95. The van der Waals surface area contributed by atoms with Gasteiger partial charge in [-0.05, 0) is 55.5 Å². The molecule has 2 heterocycles. The first kappa shape index (κ1) is 22.0. The standard InChI is InChI=1S/C21H27N3O5S/c1-3-20(25)23-18-4-5-19(15(2)12-18)30(27,28)22-13-16-6-9-24(10-7-16)21(26)17-8-11-29-14-17/h4-5,8,11-12,14,16,22H,3,6-7,9-10,13H2,1-2H3,(H,23,25). The quantitative estimate of drug-likeness (QED) is 0.698. The third-order valence-electron chi connectivity index (χ3n) is 5.30. The average Bonchev–Trinajstić information content (AvgIpc) is 3.27. The van der Waals surface area contributed by atoms with E-state index in [-0.39, 0.29) is 22.6 Å². The van der Waals surface area contributed by atoms with Gasteiger partial charge in [-0.25, -0.2) is 13.1 Å². The largest absolute Gasteiger partial charge is 0.472 e. The number of rotatable bonds is 7. The van der Waals surface area contributed by atoms with Gasteiger partial charge in [0.15, 0.2) is 0 Å². The van der Waals surface area contributed by atoms with Gasteiger partial charge in [-0.1, -0.05) is 6.92 Å². The van der Waals surface area contributed by atoms with Crippen molar-refractivity contribution in [2.45, 2.75) is 38.0 Å². The van der Waals surface area contributed by atoms with Crippen LogP contribution in [0.5, 0.6) is 0 Å². The summed E-state index contributed by atoms with van der Waals surface area (Å²) in [4.78, 5) is 25.8. The van der Waals surface area contributed by atoms with Gasteiger partial charge in [0.25, 0.3) is 5.91 Å². The van der Waals surface area contributed by atoms with Crippen molar-refractivity contribution in [2.75, 3.05) is 25.0 Å². The molecule has 30 heavy (non-hydrogen) atoms. The number of nitrogens with zero attached hydrogens (tertiary/aromatic N) is 1.